The number of pyridine rings is 1. The van der Waals surface area contributed by atoms with Gasteiger partial charge in [0.25, 0.3) is 0 Å². The summed E-state index contributed by atoms with van der Waals surface area (Å²) in [5.41, 5.74) is 3.00. The molecule has 0 radical (unpaired) electrons. The van der Waals surface area contributed by atoms with Gasteiger partial charge in [0.15, 0.2) is 5.69 Å². The minimum Gasteiger partial charge on any atom is -0.453 e. The second-order valence-electron chi connectivity index (χ2n) is 5.28. The van der Waals surface area contributed by atoms with Crippen LogP contribution in [0.25, 0.3) is 5.69 Å². The fourth-order valence-electron chi connectivity index (χ4n) is 2.18. The molecule has 0 aliphatic rings. The van der Waals surface area contributed by atoms with Crippen molar-refractivity contribution in [2.24, 2.45) is 0 Å². The summed E-state index contributed by atoms with van der Waals surface area (Å²) < 4.78 is 7.24. The van der Waals surface area contributed by atoms with Crippen LogP contribution in [0.1, 0.15) is 34.8 Å². The molecule has 116 valence electrons. The molecule has 2 heterocycles. The average molecular weight is 307 g/mol. The van der Waals surface area contributed by atoms with E-state index >= 15 is 0 Å². The third kappa shape index (κ3) is 3.45. The molecule has 0 N–H and O–H groups in total. The summed E-state index contributed by atoms with van der Waals surface area (Å²) in [7, 11) is 0. The zero-order valence-electron chi connectivity index (χ0n) is 13.0. The lowest BCUT2D eigenvalue weighted by Crippen LogP contribution is -2.10. The minimum absolute atomic E-state index is 0.278. The number of para-hydroxylation sites is 1. The molecule has 5 heteroatoms. The summed E-state index contributed by atoms with van der Waals surface area (Å²) in [6.07, 6.45) is 4.61. The molecule has 1 aromatic carbocycles. The maximum absolute atomic E-state index is 12.2. The van der Waals surface area contributed by atoms with E-state index in [1.54, 1.807) is 23.3 Å². The van der Waals surface area contributed by atoms with Crippen molar-refractivity contribution < 1.29 is 9.53 Å². The number of nitrogens with zero attached hydrogens (tertiary/aromatic N) is 3. The zero-order valence-corrected chi connectivity index (χ0v) is 13.0. The molecular weight excluding hydrogens is 290 g/mol. The third-order valence-electron chi connectivity index (χ3n) is 3.53. The Morgan fingerprint density at radius 1 is 1.13 bits per heavy atom. The summed E-state index contributed by atoms with van der Waals surface area (Å²) in [6.45, 7) is 3.73. The van der Waals surface area contributed by atoms with Crippen LogP contribution in [0.2, 0.25) is 0 Å². The molecule has 2 aromatic heterocycles. The lowest BCUT2D eigenvalue weighted by molar-refractivity contribution is 0.0331. The monoisotopic (exact) mass is 307 g/mol. The first-order chi connectivity index (χ1) is 11.1. The van der Waals surface area contributed by atoms with Crippen LogP contribution in [-0.2, 0) is 4.74 Å². The van der Waals surface area contributed by atoms with Gasteiger partial charge in [0.2, 0.25) is 0 Å². The fraction of sp³-hybridized carbons (Fsp3) is 0.167. The van der Waals surface area contributed by atoms with Gasteiger partial charge < -0.3 is 9.30 Å². The molecule has 0 saturated carbocycles. The Balaban J connectivity index is 1.71. The molecule has 0 bridgehead atoms. The van der Waals surface area contributed by atoms with Crippen LogP contribution in [0.15, 0.2) is 61.2 Å². The highest BCUT2D eigenvalue weighted by Gasteiger charge is 2.16. The Hall–Kier alpha value is -2.95. The molecule has 0 aliphatic heterocycles. The van der Waals surface area contributed by atoms with Crippen molar-refractivity contribution in [3.63, 3.8) is 0 Å². The van der Waals surface area contributed by atoms with E-state index in [1.165, 1.54) is 0 Å². The SMILES string of the molecule is Cc1ccc(C(C)OC(=O)c2cn(-c3ccccc3)cn2)cn1. The number of ether oxygens (including phenoxy) is 1. The van der Waals surface area contributed by atoms with Crippen LogP contribution >= 0.6 is 0 Å². The van der Waals surface area contributed by atoms with Crippen LogP contribution in [0, 0.1) is 6.92 Å². The van der Waals surface area contributed by atoms with Gasteiger partial charge in [-0.1, -0.05) is 24.3 Å². The lowest BCUT2D eigenvalue weighted by atomic mass is 10.2. The zero-order chi connectivity index (χ0) is 16.2. The highest BCUT2D eigenvalue weighted by molar-refractivity contribution is 5.87. The summed E-state index contributed by atoms with van der Waals surface area (Å²) >= 11 is 0. The quantitative estimate of drug-likeness (QED) is 0.692. The molecule has 1 unspecified atom stereocenters. The molecule has 3 aromatic rings. The Morgan fingerprint density at radius 3 is 2.61 bits per heavy atom. The Bertz CT molecular complexity index is 795. The van der Waals surface area contributed by atoms with Gasteiger partial charge in [-0.3, -0.25) is 4.98 Å². The van der Waals surface area contributed by atoms with E-state index < -0.39 is 5.97 Å². The van der Waals surface area contributed by atoms with Gasteiger partial charge >= 0.3 is 5.97 Å². The first-order valence-corrected chi connectivity index (χ1v) is 7.36. The van der Waals surface area contributed by atoms with E-state index in [0.29, 0.717) is 0 Å². The fourth-order valence-corrected chi connectivity index (χ4v) is 2.18. The van der Waals surface area contributed by atoms with Crippen LogP contribution in [-0.4, -0.2) is 20.5 Å². The smallest absolute Gasteiger partial charge is 0.359 e. The maximum atomic E-state index is 12.2. The average Bonchev–Trinajstić information content (AvgIpc) is 3.06. The number of aromatic nitrogens is 3. The molecule has 0 saturated heterocycles. The summed E-state index contributed by atoms with van der Waals surface area (Å²) in [5, 5.41) is 0. The highest BCUT2D eigenvalue weighted by Crippen LogP contribution is 2.18. The van der Waals surface area contributed by atoms with Gasteiger partial charge in [0.05, 0.1) is 0 Å². The van der Waals surface area contributed by atoms with Gasteiger partial charge in [-0.15, -0.1) is 0 Å². The lowest BCUT2D eigenvalue weighted by Gasteiger charge is -2.12. The number of carbonyl (C=O) groups is 1. The number of esters is 1. The van der Waals surface area contributed by atoms with Crippen molar-refractivity contribution >= 4 is 5.97 Å². The largest absolute Gasteiger partial charge is 0.453 e. The van der Waals surface area contributed by atoms with Crippen LogP contribution in [0.4, 0.5) is 0 Å². The predicted molar refractivity (Wildman–Crippen MR) is 86.4 cm³/mol. The van der Waals surface area contributed by atoms with Crippen LogP contribution < -0.4 is 0 Å². The number of hydrogen-bond acceptors (Lipinski definition) is 4. The number of benzene rings is 1. The van der Waals surface area contributed by atoms with Crippen molar-refractivity contribution in [2.45, 2.75) is 20.0 Å². The molecule has 0 spiro atoms. The topological polar surface area (TPSA) is 57.0 Å². The van der Waals surface area contributed by atoms with Crippen molar-refractivity contribution in [3.05, 3.63) is 78.1 Å². The van der Waals surface area contributed by atoms with Crippen molar-refractivity contribution in [2.75, 3.05) is 0 Å². The maximum Gasteiger partial charge on any atom is 0.359 e. The third-order valence-corrected chi connectivity index (χ3v) is 3.53. The Morgan fingerprint density at radius 2 is 1.91 bits per heavy atom. The van der Waals surface area contributed by atoms with Gasteiger partial charge in [-0.05, 0) is 32.0 Å². The Labute approximate surface area is 134 Å². The first kappa shape index (κ1) is 15.0. The highest BCUT2D eigenvalue weighted by atomic mass is 16.5. The molecular formula is C18H17N3O2. The number of carbonyl (C=O) groups excluding carboxylic acids is 1. The summed E-state index contributed by atoms with van der Waals surface area (Å²) in [5.74, 6) is -0.451. The molecule has 0 fully saturated rings. The van der Waals surface area contributed by atoms with E-state index in [1.807, 2.05) is 56.3 Å². The predicted octanol–water partition coefficient (Wildman–Crippen LogP) is 3.49. The molecule has 0 aliphatic carbocycles. The number of aryl methyl sites for hydroxylation is 1. The van der Waals surface area contributed by atoms with Gasteiger partial charge in [-0.2, -0.15) is 0 Å². The molecule has 23 heavy (non-hydrogen) atoms. The minimum atomic E-state index is -0.451. The van der Waals surface area contributed by atoms with Crippen molar-refractivity contribution in [1.82, 2.24) is 14.5 Å². The number of hydrogen-bond donors (Lipinski definition) is 0. The molecule has 3 rings (SSSR count). The van der Waals surface area contributed by atoms with E-state index in [2.05, 4.69) is 9.97 Å². The Kier molecular flexibility index (Phi) is 4.19. The summed E-state index contributed by atoms with van der Waals surface area (Å²) in [6, 6.07) is 13.5. The molecule has 5 nitrogen and oxygen atoms in total. The van der Waals surface area contributed by atoms with E-state index in [0.717, 1.165) is 16.9 Å². The van der Waals surface area contributed by atoms with Gasteiger partial charge in [0.1, 0.15) is 12.4 Å². The standard InChI is InChI=1S/C18H17N3O2/c1-13-8-9-15(10-19-13)14(2)23-18(22)17-11-21(12-20-17)16-6-4-3-5-7-16/h3-12,14H,1-2H3. The number of rotatable bonds is 4. The van der Waals surface area contributed by atoms with E-state index in [9.17, 15) is 4.79 Å². The van der Waals surface area contributed by atoms with Crippen molar-refractivity contribution in [1.29, 1.82) is 0 Å². The van der Waals surface area contributed by atoms with Gasteiger partial charge in [-0.25, -0.2) is 9.78 Å². The first-order valence-electron chi connectivity index (χ1n) is 7.36. The normalized spacial score (nSPS) is 11.9. The summed E-state index contributed by atoms with van der Waals surface area (Å²) in [4.78, 5) is 20.6. The molecule has 1 atom stereocenters. The van der Waals surface area contributed by atoms with Crippen LogP contribution in [0.3, 0.4) is 0 Å². The van der Waals surface area contributed by atoms with E-state index in [4.69, 9.17) is 4.74 Å². The second kappa shape index (κ2) is 6.44. The molecule has 0 amide bonds. The van der Waals surface area contributed by atoms with Crippen molar-refractivity contribution in [3.8, 4) is 5.69 Å². The van der Waals surface area contributed by atoms with E-state index in [-0.39, 0.29) is 11.8 Å². The number of imidazole rings is 1. The van der Waals surface area contributed by atoms with Crippen LogP contribution in [0.5, 0.6) is 0 Å². The second-order valence-corrected chi connectivity index (χ2v) is 5.28. The van der Waals surface area contributed by atoms with Gasteiger partial charge in [0, 0.05) is 29.3 Å².